The van der Waals surface area contributed by atoms with E-state index >= 15 is 0 Å². The summed E-state index contributed by atoms with van der Waals surface area (Å²) in [6.45, 7) is 6.29. The molecule has 0 saturated heterocycles. The number of imidazole rings is 1. The average Bonchev–Trinajstić information content (AvgIpc) is 3.36. The number of hydrogen-bond acceptors (Lipinski definition) is 2. The third-order valence-corrected chi connectivity index (χ3v) is 4.75. The Balaban J connectivity index is 1.65. The highest BCUT2D eigenvalue weighted by atomic mass is 16.2. The Morgan fingerprint density at radius 3 is 2.91 bits per heavy atom. The molecule has 1 aromatic heterocycles. The Bertz CT molecular complexity index is 672. The molecule has 1 aliphatic rings. The zero-order valence-corrected chi connectivity index (χ0v) is 14.2. The van der Waals surface area contributed by atoms with Gasteiger partial charge in [-0.3, -0.25) is 4.79 Å². The highest BCUT2D eigenvalue weighted by molar-refractivity contribution is 5.80. The molecule has 1 heterocycles. The molecule has 0 bridgehead atoms. The molecule has 4 nitrogen and oxygen atoms in total. The number of rotatable bonds is 8. The number of aryl methyl sites for hydroxylation is 1. The van der Waals surface area contributed by atoms with Crippen LogP contribution in [-0.2, 0) is 17.8 Å². The van der Waals surface area contributed by atoms with Crippen LogP contribution in [0.4, 0.5) is 0 Å². The number of amides is 1. The van der Waals surface area contributed by atoms with Gasteiger partial charge in [0.2, 0.25) is 5.91 Å². The van der Waals surface area contributed by atoms with Crippen molar-refractivity contribution >= 4 is 16.9 Å². The second kappa shape index (κ2) is 7.16. The first-order valence-electron chi connectivity index (χ1n) is 8.91. The van der Waals surface area contributed by atoms with E-state index in [9.17, 15) is 4.79 Å². The van der Waals surface area contributed by atoms with E-state index in [0.717, 1.165) is 50.1 Å². The van der Waals surface area contributed by atoms with Gasteiger partial charge in [0.25, 0.3) is 0 Å². The van der Waals surface area contributed by atoms with Gasteiger partial charge in [-0.2, -0.15) is 0 Å². The Kier molecular flexibility index (Phi) is 4.99. The number of hydrogen-bond donors (Lipinski definition) is 1. The molecule has 1 unspecified atom stereocenters. The molecule has 1 N–H and O–H groups in total. The molecular formula is C19H27N3O. The molecule has 0 radical (unpaired) electrons. The van der Waals surface area contributed by atoms with E-state index in [1.807, 2.05) is 6.07 Å². The number of para-hydroxylation sites is 2. The van der Waals surface area contributed by atoms with Crippen molar-refractivity contribution in [3.8, 4) is 0 Å². The molecule has 1 aliphatic carbocycles. The van der Waals surface area contributed by atoms with Crippen LogP contribution >= 0.6 is 0 Å². The molecule has 0 aliphatic heterocycles. The molecule has 3 rings (SSSR count). The highest BCUT2D eigenvalue weighted by Gasteiger charge is 2.29. The van der Waals surface area contributed by atoms with Crippen LogP contribution in [0.1, 0.15) is 45.4 Å². The number of fused-ring (bicyclic) bond motifs is 1. The van der Waals surface area contributed by atoms with Crippen molar-refractivity contribution in [1.82, 2.24) is 14.9 Å². The Morgan fingerprint density at radius 2 is 2.17 bits per heavy atom. The average molecular weight is 313 g/mol. The SMILES string of the molecule is CCC(C)Cn1c(CCCNC(=O)C2CC2)nc2ccccc21. The Labute approximate surface area is 138 Å². The monoisotopic (exact) mass is 313 g/mol. The van der Waals surface area contributed by atoms with Crippen LogP contribution in [-0.4, -0.2) is 22.0 Å². The molecular weight excluding hydrogens is 286 g/mol. The molecule has 1 aromatic carbocycles. The number of carbonyl (C=O) groups is 1. The second-order valence-corrected chi connectivity index (χ2v) is 6.81. The van der Waals surface area contributed by atoms with Crippen molar-refractivity contribution in [2.45, 2.75) is 52.5 Å². The summed E-state index contributed by atoms with van der Waals surface area (Å²) < 4.78 is 2.37. The minimum Gasteiger partial charge on any atom is -0.356 e. The highest BCUT2D eigenvalue weighted by Crippen LogP contribution is 2.28. The maximum absolute atomic E-state index is 11.7. The summed E-state index contributed by atoms with van der Waals surface area (Å²) in [6.07, 6.45) is 5.16. The Morgan fingerprint density at radius 1 is 1.39 bits per heavy atom. The van der Waals surface area contributed by atoms with Crippen molar-refractivity contribution in [3.05, 3.63) is 30.1 Å². The third-order valence-electron chi connectivity index (χ3n) is 4.75. The lowest BCUT2D eigenvalue weighted by molar-refractivity contribution is -0.122. The van der Waals surface area contributed by atoms with Gasteiger partial charge in [0.05, 0.1) is 11.0 Å². The maximum atomic E-state index is 11.7. The van der Waals surface area contributed by atoms with Crippen molar-refractivity contribution < 1.29 is 4.79 Å². The predicted molar refractivity (Wildman–Crippen MR) is 93.2 cm³/mol. The summed E-state index contributed by atoms with van der Waals surface area (Å²) in [5.74, 6) is 2.32. The van der Waals surface area contributed by atoms with E-state index in [0.29, 0.717) is 11.8 Å². The number of aromatic nitrogens is 2. The van der Waals surface area contributed by atoms with Gasteiger partial charge in [0.1, 0.15) is 5.82 Å². The van der Waals surface area contributed by atoms with E-state index < -0.39 is 0 Å². The van der Waals surface area contributed by atoms with Gasteiger partial charge in [-0.25, -0.2) is 4.98 Å². The number of benzene rings is 1. The van der Waals surface area contributed by atoms with Crippen LogP contribution < -0.4 is 5.32 Å². The van der Waals surface area contributed by atoms with Gasteiger partial charge in [0, 0.05) is 25.4 Å². The molecule has 1 fully saturated rings. The standard InChI is InChI=1S/C19H27N3O/c1-3-14(2)13-22-17-8-5-4-7-16(17)21-18(22)9-6-12-20-19(23)15-10-11-15/h4-5,7-8,14-15H,3,6,9-13H2,1-2H3,(H,20,23). The normalized spacial score (nSPS) is 15.7. The smallest absolute Gasteiger partial charge is 0.223 e. The fourth-order valence-corrected chi connectivity index (χ4v) is 2.91. The largest absolute Gasteiger partial charge is 0.356 e. The molecule has 0 spiro atoms. The minimum absolute atomic E-state index is 0.234. The minimum atomic E-state index is 0.234. The number of nitrogens with zero attached hydrogens (tertiary/aromatic N) is 2. The first-order chi connectivity index (χ1) is 11.2. The topological polar surface area (TPSA) is 46.9 Å². The van der Waals surface area contributed by atoms with E-state index in [4.69, 9.17) is 4.98 Å². The molecule has 4 heteroatoms. The van der Waals surface area contributed by atoms with Crippen molar-refractivity contribution in [3.63, 3.8) is 0 Å². The van der Waals surface area contributed by atoms with Crippen LogP contribution in [0.15, 0.2) is 24.3 Å². The summed E-state index contributed by atoms with van der Waals surface area (Å²) in [6, 6.07) is 8.36. The van der Waals surface area contributed by atoms with Gasteiger partial charge in [-0.15, -0.1) is 0 Å². The zero-order chi connectivity index (χ0) is 16.2. The Hall–Kier alpha value is -1.84. The van der Waals surface area contributed by atoms with Gasteiger partial charge in [-0.1, -0.05) is 32.4 Å². The van der Waals surface area contributed by atoms with Crippen molar-refractivity contribution in [1.29, 1.82) is 0 Å². The molecule has 23 heavy (non-hydrogen) atoms. The lowest BCUT2D eigenvalue weighted by Crippen LogP contribution is -2.26. The fraction of sp³-hybridized carbons (Fsp3) is 0.579. The molecule has 1 saturated carbocycles. The van der Waals surface area contributed by atoms with E-state index in [1.165, 1.54) is 11.9 Å². The van der Waals surface area contributed by atoms with Crippen LogP contribution in [0.25, 0.3) is 11.0 Å². The molecule has 1 amide bonds. The molecule has 124 valence electrons. The predicted octanol–water partition coefficient (Wildman–Crippen LogP) is 3.54. The van der Waals surface area contributed by atoms with Gasteiger partial charge in [0.15, 0.2) is 0 Å². The maximum Gasteiger partial charge on any atom is 0.223 e. The summed E-state index contributed by atoms with van der Waals surface area (Å²) in [7, 11) is 0. The van der Waals surface area contributed by atoms with Gasteiger partial charge < -0.3 is 9.88 Å². The van der Waals surface area contributed by atoms with Crippen molar-refractivity contribution in [2.24, 2.45) is 11.8 Å². The summed E-state index contributed by atoms with van der Waals surface area (Å²) >= 11 is 0. The van der Waals surface area contributed by atoms with E-state index in [1.54, 1.807) is 0 Å². The number of nitrogens with one attached hydrogen (secondary N) is 1. The van der Waals surface area contributed by atoms with Crippen LogP contribution in [0.5, 0.6) is 0 Å². The second-order valence-electron chi connectivity index (χ2n) is 6.81. The molecule has 2 aromatic rings. The summed E-state index contributed by atoms with van der Waals surface area (Å²) in [4.78, 5) is 16.5. The van der Waals surface area contributed by atoms with Crippen LogP contribution in [0.3, 0.4) is 0 Å². The fourth-order valence-electron chi connectivity index (χ4n) is 2.91. The number of carbonyl (C=O) groups excluding carboxylic acids is 1. The first-order valence-corrected chi connectivity index (χ1v) is 8.91. The third kappa shape index (κ3) is 3.92. The van der Waals surface area contributed by atoms with E-state index in [2.05, 4.69) is 41.9 Å². The quantitative estimate of drug-likeness (QED) is 0.758. The lowest BCUT2D eigenvalue weighted by Gasteiger charge is -2.14. The van der Waals surface area contributed by atoms with Crippen LogP contribution in [0.2, 0.25) is 0 Å². The van der Waals surface area contributed by atoms with Crippen LogP contribution in [0, 0.1) is 11.8 Å². The van der Waals surface area contributed by atoms with Gasteiger partial charge >= 0.3 is 0 Å². The van der Waals surface area contributed by atoms with Gasteiger partial charge in [-0.05, 0) is 37.3 Å². The van der Waals surface area contributed by atoms with Crippen molar-refractivity contribution in [2.75, 3.05) is 6.54 Å². The lowest BCUT2D eigenvalue weighted by atomic mass is 10.1. The molecule has 1 atom stereocenters. The zero-order valence-electron chi connectivity index (χ0n) is 14.2. The van der Waals surface area contributed by atoms with E-state index in [-0.39, 0.29) is 5.91 Å². The first kappa shape index (κ1) is 16.0. The summed E-state index contributed by atoms with van der Waals surface area (Å²) in [5.41, 5.74) is 2.30. The summed E-state index contributed by atoms with van der Waals surface area (Å²) in [5, 5.41) is 3.04.